The van der Waals surface area contributed by atoms with E-state index in [0.717, 1.165) is 27.4 Å². The van der Waals surface area contributed by atoms with E-state index in [1.54, 1.807) is 13.1 Å². The molecule has 34 heavy (non-hydrogen) atoms. The van der Waals surface area contributed by atoms with Gasteiger partial charge in [-0.15, -0.1) is 0 Å². The van der Waals surface area contributed by atoms with Gasteiger partial charge in [-0.3, -0.25) is 0 Å². The molecule has 3 rings (SSSR count). The van der Waals surface area contributed by atoms with Crippen LogP contribution in [0.15, 0.2) is 48.7 Å². The fourth-order valence-corrected chi connectivity index (χ4v) is 3.22. The molecule has 0 N–H and O–H groups in total. The first-order valence-electron chi connectivity index (χ1n) is 11.7. The van der Waals surface area contributed by atoms with Gasteiger partial charge < -0.3 is 0 Å². The number of hydrogen-bond donors (Lipinski definition) is 0. The molecule has 182 valence electrons. The van der Waals surface area contributed by atoms with Gasteiger partial charge >= 0.3 is 0 Å². The third-order valence-electron chi connectivity index (χ3n) is 5.57. The molecule has 0 bridgehead atoms. The molecule has 2 aromatic carbocycles. The largest absolute Gasteiger partial charge is 0.238 e. The Labute approximate surface area is 211 Å². The zero-order valence-electron chi connectivity index (χ0n) is 22.0. The Morgan fingerprint density at radius 1 is 0.735 bits per heavy atom. The van der Waals surface area contributed by atoms with Crippen LogP contribution in [-0.2, 0) is 0 Å². The third-order valence-corrected chi connectivity index (χ3v) is 5.98. The van der Waals surface area contributed by atoms with E-state index < -0.39 is 0 Å². The van der Waals surface area contributed by atoms with Gasteiger partial charge in [0, 0.05) is 16.8 Å². The predicted octanol–water partition coefficient (Wildman–Crippen LogP) is 10.1. The minimum atomic E-state index is -0.366. The van der Waals surface area contributed by atoms with Crippen molar-refractivity contribution in [3.63, 3.8) is 0 Å². The average Bonchev–Trinajstić information content (AvgIpc) is 2.78. The smallest absolute Gasteiger partial charge is 0.215 e. The van der Waals surface area contributed by atoms with Crippen molar-refractivity contribution < 1.29 is 4.39 Å². The topological polar surface area (TPSA) is 17.2 Å². The van der Waals surface area contributed by atoms with Crippen LogP contribution in [0, 0.1) is 33.3 Å². The summed E-state index contributed by atoms with van der Waals surface area (Å²) in [5.74, 6) is 1.16. The molecule has 0 spiro atoms. The summed E-state index contributed by atoms with van der Waals surface area (Å²) < 4.78 is 12.7. The lowest BCUT2D eigenvalue weighted by Gasteiger charge is -2.06. The van der Waals surface area contributed by atoms with Crippen LogP contribution < -0.4 is 0 Å². The van der Waals surface area contributed by atoms with Gasteiger partial charge in [0.15, 0.2) is 5.69 Å². The summed E-state index contributed by atoms with van der Waals surface area (Å²) in [6.07, 6.45) is 1.59. The molecule has 0 unspecified atom stereocenters. The van der Waals surface area contributed by atoms with Crippen molar-refractivity contribution in [2.24, 2.45) is 0 Å². The molecule has 0 amide bonds. The van der Waals surface area contributed by atoms with Gasteiger partial charge in [-0.2, -0.15) is 4.39 Å². The van der Waals surface area contributed by atoms with E-state index in [4.69, 9.17) is 18.2 Å². The first kappa shape index (κ1) is 29.3. The van der Waals surface area contributed by atoms with E-state index in [-0.39, 0.29) is 5.95 Å². The average molecular weight is 481 g/mol. The number of hydrogen-bond acceptors (Lipinski definition) is 1. The lowest BCUT2D eigenvalue weighted by molar-refractivity contribution is 0.571. The van der Waals surface area contributed by atoms with Crippen LogP contribution in [-0.4, -0.2) is 4.98 Å². The summed E-state index contributed by atoms with van der Waals surface area (Å²) in [6, 6.07) is 14.1. The molecule has 0 saturated carbocycles. The number of benzene rings is 2. The highest BCUT2D eigenvalue weighted by molar-refractivity contribution is 6.31. The zero-order valence-corrected chi connectivity index (χ0v) is 22.8. The van der Waals surface area contributed by atoms with Crippen molar-refractivity contribution >= 4 is 17.3 Å². The van der Waals surface area contributed by atoms with E-state index in [9.17, 15) is 4.39 Å². The molecule has 4 heteroatoms. The summed E-state index contributed by atoms with van der Waals surface area (Å²) >= 11 is 5.96. The maximum Gasteiger partial charge on any atom is 0.215 e. The van der Waals surface area contributed by atoms with Gasteiger partial charge in [-0.05, 0) is 78.5 Å². The minimum Gasteiger partial charge on any atom is -0.238 e. The van der Waals surface area contributed by atoms with Gasteiger partial charge in [-0.25, -0.2) is 9.83 Å². The Hall–Kier alpha value is -2.70. The zero-order chi connectivity index (χ0) is 26.0. The fourth-order valence-electron chi connectivity index (χ4n) is 3.03. The van der Waals surface area contributed by atoms with E-state index in [1.807, 2.05) is 38.1 Å². The standard InChI is InChI=1S/C11H13N.C10H13Cl.C9H12FN/c1-8(2)10-5-6-11(12-4)9(3)7-10;1-7(2)9-5-4-8(3)10(11)6-9;1-6(2)8-4-7(3)9(10)11-5-8/h5-8H,1-3H3;4-7H,1-3H3;4-6H,1-3H3. The maximum atomic E-state index is 12.7. The maximum absolute atomic E-state index is 12.7. The van der Waals surface area contributed by atoms with Crippen molar-refractivity contribution in [1.82, 2.24) is 4.98 Å². The van der Waals surface area contributed by atoms with Crippen LogP contribution in [0.2, 0.25) is 5.02 Å². The van der Waals surface area contributed by atoms with Crippen molar-refractivity contribution in [3.8, 4) is 0 Å². The van der Waals surface area contributed by atoms with E-state index in [1.165, 1.54) is 11.1 Å². The normalized spacial score (nSPS) is 10.4. The molecule has 0 fully saturated rings. The number of halogens is 2. The molecular weight excluding hydrogens is 443 g/mol. The van der Waals surface area contributed by atoms with E-state index in [2.05, 4.69) is 69.6 Å². The summed E-state index contributed by atoms with van der Waals surface area (Å²) in [6.45, 7) is 25.4. The van der Waals surface area contributed by atoms with Crippen LogP contribution in [0.4, 0.5) is 10.1 Å². The molecule has 0 saturated heterocycles. The number of pyridine rings is 1. The molecule has 0 aliphatic heterocycles. The molecule has 0 aliphatic rings. The molecule has 0 atom stereocenters. The molecule has 0 radical (unpaired) electrons. The number of rotatable bonds is 3. The van der Waals surface area contributed by atoms with Gasteiger partial charge in [0.05, 0.1) is 6.57 Å². The molecule has 2 nitrogen and oxygen atoms in total. The Balaban J connectivity index is 0.000000255. The molecular formula is C30H38ClFN2. The Kier molecular flexibility index (Phi) is 12.0. The second-order valence-electron chi connectivity index (χ2n) is 9.51. The fraction of sp³-hybridized carbons (Fsp3) is 0.400. The summed E-state index contributed by atoms with van der Waals surface area (Å²) in [5.41, 5.74) is 7.31. The van der Waals surface area contributed by atoms with Crippen LogP contribution in [0.3, 0.4) is 0 Å². The Morgan fingerprint density at radius 2 is 1.24 bits per heavy atom. The third kappa shape index (κ3) is 9.27. The van der Waals surface area contributed by atoms with Gasteiger partial charge in [-0.1, -0.05) is 83.5 Å². The van der Waals surface area contributed by atoms with Crippen LogP contribution >= 0.6 is 11.6 Å². The SMILES string of the molecule is Cc1cc(C(C)C)cnc1F.Cc1ccc(C(C)C)cc1Cl.[C-]#[N+]c1ccc(C(C)C)cc1C. The van der Waals surface area contributed by atoms with Crippen LogP contribution in [0.1, 0.15) is 92.7 Å². The Morgan fingerprint density at radius 3 is 1.68 bits per heavy atom. The van der Waals surface area contributed by atoms with Crippen molar-refractivity contribution in [2.45, 2.75) is 80.1 Å². The highest BCUT2D eigenvalue weighted by Gasteiger charge is 2.03. The summed E-state index contributed by atoms with van der Waals surface area (Å²) in [5, 5.41) is 0.871. The first-order chi connectivity index (χ1) is 15.9. The second-order valence-corrected chi connectivity index (χ2v) is 9.91. The van der Waals surface area contributed by atoms with Crippen molar-refractivity contribution in [1.29, 1.82) is 0 Å². The monoisotopic (exact) mass is 480 g/mol. The first-order valence-corrected chi connectivity index (χ1v) is 12.1. The van der Waals surface area contributed by atoms with Gasteiger partial charge in [0.2, 0.25) is 5.95 Å². The number of aryl methyl sites for hydroxylation is 3. The summed E-state index contributed by atoms with van der Waals surface area (Å²) in [7, 11) is 0. The summed E-state index contributed by atoms with van der Waals surface area (Å²) in [4.78, 5) is 7.05. The van der Waals surface area contributed by atoms with E-state index >= 15 is 0 Å². The van der Waals surface area contributed by atoms with Gasteiger partial charge in [0.25, 0.3) is 0 Å². The molecule has 1 heterocycles. The van der Waals surface area contributed by atoms with Crippen molar-refractivity contribution in [2.75, 3.05) is 0 Å². The second kappa shape index (κ2) is 13.9. The highest BCUT2D eigenvalue weighted by Crippen LogP contribution is 2.24. The number of nitrogens with zero attached hydrogens (tertiary/aromatic N) is 2. The minimum absolute atomic E-state index is 0.366. The highest BCUT2D eigenvalue weighted by atomic mass is 35.5. The molecule has 0 aliphatic carbocycles. The van der Waals surface area contributed by atoms with Crippen LogP contribution in [0.5, 0.6) is 0 Å². The lowest BCUT2D eigenvalue weighted by Crippen LogP contribution is -1.93. The van der Waals surface area contributed by atoms with E-state index in [0.29, 0.717) is 23.3 Å². The van der Waals surface area contributed by atoms with Crippen LogP contribution in [0.25, 0.3) is 4.85 Å². The Bertz CT molecular complexity index is 1060. The quantitative estimate of drug-likeness (QED) is 0.269. The lowest BCUT2D eigenvalue weighted by atomic mass is 10.0. The molecule has 3 aromatic rings. The molecule has 1 aromatic heterocycles. The van der Waals surface area contributed by atoms with Crippen molar-refractivity contribution in [3.05, 3.63) is 104 Å². The predicted molar refractivity (Wildman–Crippen MR) is 145 cm³/mol. The van der Waals surface area contributed by atoms with Gasteiger partial charge in [0.1, 0.15) is 0 Å². The number of aromatic nitrogens is 1.